The van der Waals surface area contributed by atoms with Crippen LogP contribution in [0.25, 0.3) is 0 Å². The van der Waals surface area contributed by atoms with Crippen LogP contribution in [0.15, 0.2) is 24.3 Å². The zero-order valence-electron chi connectivity index (χ0n) is 12.4. The van der Waals surface area contributed by atoms with Gasteiger partial charge in [-0.15, -0.1) is 0 Å². The summed E-state index contributed by atoms with van der Waals surface area (Å²) in [5, 5.41) is 3.17. The lowest BCUT2D eigenvalue weighted by Gasteiger charge is -2.20. The highest BCUT2D eigenvalue weighted by molar-refractivity contribution is 5.30. The summed E-state index contributed by atoms with van der Waals surface area (Å²) in [6.07, 6.45) is -4.61. The van der Waals surface area contributed by atoms with E-state index in [1.165, 1.54) is 0 Å². The van der Waals surface area contributed by atoms with Crippen LogP contribution in [0.2, 0.25) is 0 Å². The van der Waals surface area contributed by atoms with E-state index in [0.717, 1.165) is 18.5 Å². The molecular formula is C15H22F3NO2. The molecule has 0 heterocycles. The molecule has 0 saturated heterocycles. The Labute approximate surface area is 123 Å². The van der Waals surface area contributed by atoms with Gasteiger partial charge in [0.05, 0.1) is 26.2 Å². The zero-order valence-corrected chi connectivity index (χ0v) is 12.4. The summed E-state index contributed by atoms with van der Waals surface area (Å²) in [6, 6.07) is 7.20. The maximum atomic E-state index is 12.2. The number of alkyl halides is 3. The highest BCUT2D eigenvalue weighted by atomic mass is 19.4. The van der Waals surface area contributed by atoms with Crippen LogP contribution in [0.3, 0.4) is 0 Å². The van der Waals surface area contributed by atoms with Crippen molar-refractivity contribution in [2.75, 3.05) is 26.8 Å². The van der Waals surface area contributed by atoms with Crippen molar-refractivity contribution in [1.82, 2.24) is 5.32 Å². The molecule has 0 amide bonds. The molecule has 1 N–H and O–H groups in total. The maximum absolute atomic E-state index is 12.2. The van der Waals surface area contributed by atoms with Gasteiger partial charge in [-0.2, -0.15) is 13.2 Å². The van der Waals surface area contributed by atoms with Crippen molar-refractivity contribution in [3.05, 3.63) is 29.8 Å². The number of hydrogen-bond acceptors (Lipinski definition) is 3. The van der Waals surface area contributed by atoms with E-state index in [2.05, 4.69) is 5.32 Å². The van der Waals surface area contributed by atoms with Crippen LogP contribution in [0.1, 0.15) is 31.4 Å². The SMILES string of the molecule is CCCNCC(OCCC(F)(F)F)c1cccc(OC)c1. The van der Waals surface area contributed by atoms with Crippen LogP contribution in [-0.4, -0.2) is 33.0 Å². The van der Waals surface area contributed by atoms with Crippen LogP contribution in [0, 0.1) is 0 Å². The molecule has 1 aromatic rings. The Hall–Kier alpha value is -1.27. The van der Waals surface area contributed by atoms with Gasteiger partial charge in [-0.3, -0.25) is 0 Å². The Bertz CT molecular complexity index is 410. The topological polar surface area (TPSA) is 30.5 Å². The number of ether oxygens (including phenoxy) is 2. The lowest BCUT2D eigenvalue weighted by atomic mass is 10.1. The van der Waals surface area contributed by atoms with Gasteiger partial charge >= 0.3 is 6.18 Å². The van der Waals surface area contributed by atoms with Crippen molar-refractivity contribution in [3.63, 3.8) is 0 Å². The first-order valence-corrected chi connectivity index (χ1v) is 6.99. The van der Waals surface area contributed by atoms with E-state index in [0.29, 0.717) is 12.3 Å². The molecule has 0 aliphatic heterocycles. The molecule has 1 unspecified atom stereocenters. The van der Waals surface area contributed by atoms with Gasteiger partial charge in [0.2, 0.25) is 0 Å². The predicted molar refractivity (Wildman–Crippen MR) is 75.5 cm³/mol. The second kappa shape index (κ2) is 8.89. The molecule has 0 fully saturated rings. The van der Waals surface area contributed by atoms with Crippen LogP contribution >= 0.6 is 0 Å². The van der Waals surface area contributed by atoms with E-state index in [-0.39, 0.29) is 6.61 Å². The molecule has 1 aromatic carbocycles. The van der Waals surface area contributed by atoms with Crippen LogP contribution < -0.4 is 10.1 Å². The standard InChI is InChI=1S/C15H22F3NO2/c1-3-8-19-11-14(21-9-7-15(16,17)18)12-5-4-6-13(10-12)20-2/h4-6,10,14,19H,3,7-9,11H2,1-2H3. The molecule has 0 spiro atoms. The molecule has 0 aliphatic rings. The highest BCUT2D eigenvalue weighted by Gasteiger charge is 2.27. The van der Waals surface area contributed by atoms with Crippen molar-refractivity contribution in [2.45, 2.75) is 32.0 Å². The third-order valence-electron chi connectivity index (χ3n) is 2.93. The minimum Gasteiger partial charge on any atom is -0.497 e. The zero-order chi connectivity index (χ0) is 15.7. The highest BCUT2D eigenvalue weighted by Crippen LogP contribution is 2.24. The Morgan fingerprint density at radius 3 is 2.67 bits per heavy atom. The molecular weight excluding hydrogens is 283 g/mol. The van der Waals surface area contributed by atoms with E-state index < -0.39 is 18.7 Å². The average Bonchev–Trinajstić information content (AvgIpc) is 2.44. The lowest BCUT2D eigenvalue weighted by molar-refractivity contribution is -0.149. The number of rotatable bonds is 9. The first kappa shape index (κ1) is 17.8. The third-order valence-corrected chi connectivity index (χ3v) is 2.93. The molecule has 3 nitrogen and oxygen atoms in total. The number of halogens is 3. The van der Waals surface area contributed by atoms with Gasteiger partial charge in [0.25, 0.3) is 0 Å². The van der Waals surface area contributed by atoms with Gasteiger partial charge in [0, 0.05) is 6.54 Å². The number of benzene rings is 1. The molecule has 120 valence electrons. The Morgan fingerprint density at radius 1 is 1.29 bits per heavy atom. The summed E-state index contributed by atoms with van der Waals surface area (Å²) < 4.78 is 47.2. The fraction of sp³-hybridized carbons (Fsp3) is 0.600. The van der Waals surface area contributed by atoms with E-state index in [4.69, 9.17) is 9.47 Å². The lowest BCUT2D eigenvalue weighted by Crippen LogP contribution is -2.25. The molecule has 0 bridgehead atoms. The van der Waals surface area contributed by atoms with Gasteiger partial charge in [0.1, 0.15) is 5.75 Å². The van der Waals surface area contributed by atoms with Crippen molar-refractivity contribution in [1.29, 1.82) is 0 Å². The fourth-order valence-electron chi connectivity index (χ4n) is 1.84. The van der Waals surface area contributed by atoms with E-state index in [9.17, 15) is 13.2 Å². The number of hydrogen-bond donors (Lipinski definition) is 1. The van der Waals surface area contributed by atoms with Crippen LogP contribution in [0.4, 0.5) is 13.2 Å². The largest absolute Gasteiger partial charge is 0.497 e. The normalized spacial score (nSPS) is 13.2. The molecule has 21 heavy (non-hydrogen) atoms. The molecule has 0 saturated carbocycles. The summed E-state index contributed by atoms with van der Waals surface area (Å²) in [4.78, 5) is 0. The maximum Gasteiger partial charge on any atom is 0.391 e. The summed E-state index contributed by atoms with van der Waals surface area (Å²) >= 11 is 0. The summed E-state index contributed by atoms with van der Waals surface area (Å²) in [5.74, 6) is 0.660. The molecule has 0 aliphatic carbocycles. The minimum absolute atomic E-state index is 0.348. The average molecular weight is 305 g/mol. The first-order chi connectivity index (χ1) is 9.96. The summed E-state index contributed by atoms with van der Waals surface area (Å²) in [7, 11) is 1.55. The van der Waals surface area contributed by atoms with Crippen molar-refractivity contribution >= 4 is 0 Å². The minimum atomic E-state index is -4.20. The van der Waals surface area contributed by atoms with Crippen molar-refractivity contribution in [2.24, 2.45) is 0 Å². The summed E-state index contributed by atoms with van der Waals surface area (Å²) in [6.45, 7) is 2.94. The van der Waals surface area contributed by atoms with E-state index in [1.54, 1.807) is 25.3 Å². The first-order valence-electron chi connectivity index (χ1n) is 6.99. The van der Waals surface area contributed by atoms with Gasteiger partial charge in [-0.05, 0) is 30.7 Å². The second-order valence-electron chi connectivity index (χ2n) is 4.71. The van der Waals surface area contributed by atoms with Gasteiger partial charge in [-0.25, -0.2) is 0 Å². The molecule has 6 heteroatoms. The van der Waals surface area contributed by atoms with Crippen molar-refractivity contribution in [3.8, 4) is 5.75 Å². The van der Waals surface area contributed by atoms with E-state index in [1.807, 2.05) is 13.0 Å². The Kier molecular flexibility index (Phi) is 7.53. The summed E-state index contributed by atoms with van der Waals surface area (Å²) in [5.41, 5.74) is 0.806. The van der Waals surface area contributed by atoms with Crippen LogP contribution in [-0.2, 0) is 4.74 Å². The number of nitrogens with one attached hydrogen (secondary N) is 1. The van der Waals surface area contributed by atoms with E-state index >= 15 is 0 Å². The van der Waals surface area contributed by atoms with Gasteiger partial charge in [0.15, 0.2) is 0 Å². The molecule has 0 aromatic heterocycles. The molecule has 1 rings (SSSR count). The molecule has 1 atom stereocenters. The Balaban J connectivity index is 2.66. The van der Waals surface area contributed by atoms with Crippen LogP contribution in [0.5, 0.6) is 5.75 Å². The van der Waals surface area contributed by atoms with Gasteiger partial charge < -0.3 is 14.8 Å². The fourth-order valence-corrected chi connectivity index (χ4v) is 1.84. The Morgan fingerprint density at radius 2 is 2.05 bits per heavy atom. The number of methoxy groups -OCH3 is 1. The monoisotopic (exact) mass is 305 g/mol. The second-order valence-corrected chi connectivity index (χ2v) is 4.71. The third kappa shape index (κ3) is 7.34. The quantitative estimate of drug-likeness (QED) is 0.706. The predicted octanol–water partition coefficient (Wildman–Crippen LogP) is 3.70. The van der Waals surface area contributed by atoms with Gasteiger partial charge in [-0.1, -0.05) is 19.1 Å². The van der Waals surface area contributed by atoms with Crippen molar-refractivity contribution < 1.29 is 22.6 Å². The molecule has 0 radical (unpaired) electrons. The smallest absolute Gasteiger partial charge is 0.391 e.